The fourth-order valence-corrected chi connectivity index (χ4v) is 1.80. The minimum atomic E-state index is -0.375. The van der Waals surface area contributed by atoms with Gasteiger partial charge in [0.15, 0.2) is 0 Å². The smallest absolute Gasteiger partial charge is 0.340 e. The van der Waals surface area contributed by atoms with Crippen LogP contribution in [0, 0.1) is 13.8 Å². The number of ether oxygens (including phenoxy) is 1. The summed E-state index contributed by atoms with van der Waals surface area (Å²) in [7, 11) is 1.36. The van der Waals surface area contributed by atoms with Gasteiger partial charge in [-0.3, -0.25) is 0 Å². The summed E-state index contributed by atoms with van der Waals surface area (Å²) in [6.07, 6.45) is 1.47. The number of hydrogen-bond donors (Lipinski definition) is 1. The SMILES string of the molecule is COC(=O)c1c(C)[nH]c(C)c1-c1ccon1. The molecule has 2 rings (SSSR count). The Morgan fingerprint density at radius 2 is 2.19 bits per heavy atom. The molecule has 0 aromatic carbocycles. The molecule has 0 amide bonds. The van der Waals surface area contributed by atoms with Crippen molar-refractivity contribution in [1.29, 1.82) is 0 Å². The maximum Gasteiger partial charge on any atom is 0.340 e. The van der Waals surface area contributed by atoms with Gasteiger partial charge in [0.05, 0.1) is 12.7 Å². The van der Waals surface area contributed by atoms with E-state index in [-0.39, 0.29) is 5.97 Å². The van der Waals surface area contributed by atoms with Crippen LogP contribution in [0.1, 0.15) is 21.7 Å². The lowest BCUT2D eigenvalue weighted by atomic mass is 10.1. The van der Waals surface area contributed by atoms with Crippen molar-refractivity contribution in [3.8, 4) is 11.3 Å². The first-order valence-electron chi connectivity index (χ1n) is 4.83. The number of H-pyrrole nitrogens is 1. The van der Waals surface area contributed by atoms with Gasteiger partial charge in [-0.05, 0) is 13.8 Å². The van der Waals surface area contributed by atoms with E-state index in [4.69, 9.17) is 9.26 Å². The van der Waals surface area contributed by atoms with Gasteiger partial charge in [-0.2, -0.15) is 0 Å². The van der Waals surface area contributed by atoms with Crippen LogP contribution in [0.2, 0.25) is 0 Å². The molecule has 2 aromatic rings. The maximum atomic E-state index is 11.7. The van der Waals surface area contributed by atoms with Crippen LogP contribution in [0.4, 0.5) is 0 Å². The van der Waals surface area contributed by atoms with E-state index in [9.17, 15) is 4.79 Å². The Labute approximate surface area is 92.4 Å². The normalized spacial score (nSPS) is 10.4. The van der Waals surface area contributed by atoms with E-state index in [1.165, 1.54) is 13.4 Å². The van der Waals surface area contributed by atoms with E-state index in [2.05, 4.69) is 10.1 Å². The molecule has 0 atom stereocenters. The molecule has 0 aliphatic heterocycles. The second kappa shape index (κ2) is 3.84. The van der Waals surface area contributed by atoms with Gasteiger partial charge in [0.25, 0.3) is 0 Å². The number of aromatic amines is 1. The van der Waals surface area contributed by atoms with Crippen molar-refractivity contribution in [3.05, 3.63) is 29.3 Å². The first-order chi connectivity index (χ1) is 7.65. The first-order valence-corrected chi connectivity index (χ1v) is 4.83. The van der Waals surface area contributed by atoms with E-state index < -0.39 is 0 Å². The summed E-state index contributed by atoms with van der Waals surface area (Å²) in [5.74, 6) is -0.375. The summed E-state index contributed by atoms with van der Waals surface area (Å²) in [5, 5.41) is 3.84. The van der Waals surface area contributed by atoms with Crippen LogP contribution in [0.3, 0.4) is 0 Å². The van der Waals surface area contributed by atoms with E-state index >= 15 is 0 Å². The molecule has 0 aliphatic rings. The molecule has 16 heavy (non-hydrogen) atoms. The largest absolute Gasteiger partial charge is 0.465 e. The van der Waals surface area contributed by atoms with Crippen molar-refractivity contribution in [2.24, 2.45) is 0 Å². The summed E-state index contributed by atoms with van der Waals surface area (Å²) in [4.78, 5) is 14.8. The monoisotopic (exact) mass is 220 g/mol. The predicted octanol–water partition coefficient (Wildman–Crippen LogP) is 2.07. The zero-order chi connectivity index (χ0) is 11.7. The molecule has 0 bridgehead atoms. The first kappa shape index (κ1) is 10.5. The molecule has 0 spiro atoms. The Bertz CT molecular complexity index is 512. The van der Waals surface area contributed by atoms with Crippen LogP contribution >= 0.6 is 0 Å². The second-order valence-corrected chi connectivity index (χ2v) is 3.50. The average molecular weight is 220 g/mol. The Hall–Kier alpha value is -2.04. The molecule has 0 unspecified atom stereocenters. The molecule has 0 saturated heterocycles. The lowest BCUT2D eigenvalue weighted by Gasteiger charge is -2.01. The number of esters is 1. The highest BCUT2D eigenvalue weighted by Crippen LogP contribution is 2.29. The highest BCUT2D eigenvalue weighted by Gasteiger charge is 2.22. The minimum Gasteiger partial charge on any atom is -0.465 e. The number of carbonyl (C=O) groups is 1. The van der Waals surface area contributed by atoms with Crippen LogP contribution in [-0.2, 0) is 4.74 Å². The Morgan fingerprint density at radius 1 is 1.44 bits per heavy atom. The van der Waals surface area contributed by atoms with Gasteiger partial charge in [0, 0.05) is 23.0 Å². The fraction of sp³-hybridized carbons (Fsp3) is 0.273. The topological polar surface area (TPSA) is 68.1 Å². The van der Waals surface area contributed by atoms with Crippen LogP contribution in [0.5, 0.6) is 0 Å². The highest BCUT2D eigenvalue weighted by molar-refractivity contribution is 5.98. The van der Waals surface area contributed by atoms with E-state index in [0.29, 0.717) is 11.3 Å². The number of aromatic nitrogens is 2. The third-order valence-corrected chi connectivity index (χ3v) is 2.46. The van der Waals surface area contributed by atoms with Crippen molar-refractivity contribution < 1.29 is 14.1 Å². The van der Waals surface area contributed by atoms with Gasteiger partial charge in [-0.1, -0.05) is 5.16 Å². The lowest BCUT2D eigenvalue weighted by molar-refractivity contribution is 0.0601. The Balaban J connectivity index is 2.64. The molecule has 0 fully saturated rings. The Morgan fingerprint density at radius 3 is 2.75 bits per heavy atom. The number of nitrogens with one attached hydrogen (secondary N) is 1. The molecule has 0 radical (unpaired) electrons. The molecule has 2 heterocycles. The van der Waals surface area contributed by atoms with E-state index in [1.54, 1.807) is 6.07 Å². The van der Waals surface area contributed by atoms with Crippen LogP contribution in [0.25, 0.3) is 11.3 Å². The van der Waals surface area contributed by atoms with Crippen LogP contribution in [-0.4, -0.2) is 23.2 Å². The standard InChI is InChI=1S/C11H12N2O3/c1-6-9(8-4-5-16-13-8)10(7(2)12-6)11(14)15-3/h4-5,12H,1-3H3. The third kappa shape index (κ3) is 1.50. The molecule has 1 N–H and O–H groups in total. The van der Waals surface area contributed by atoms with Crippen molar-refractivity contribution in [3.63, 3.8) is 0 Å². The molecular weight excluding hydrogens is 208 g/mol. The molecule has 84 valence electrons. The molecular formula is C11H12N2O3. The molecule has 5 nitrogen and oxygen atoms in total. The summed E-state index contributed by atoms with van der Waals surface area (Å²) < 4.78 is 9.54. The second-order valence-electron chi connectivity index (χ2n) is 3.50. The minimum absolute atomic E-state index is 0.375. The Kier molecular flexibility index (Phi) is 2.52. The van der Waals surface area contributed by atoms with Crippen molar-refractivity contribution in [2.45, 2.75) is 13.8 Å². The average Bonchev–Trinajstić information content (AvgIpc) is 2.84. The van der Waals surface area contributed by atoms with Gasteiger partial charge in [-0.15, -0.1) is 0 Å². The molecule has 0 saturated carbocycles. The van der Waals surface area contributed by atoms with Crippen LogP contribution < -0.4 is 0 Å². The van der Waals surface area contributed by atoms with Gasteiger partial charge >= 0.3 is 5.97 Å². The van der Waals surface area contributed by atoms with Gasteiger partial charge in [0.2, 0.25) is 0 Å². The van der Waals surface area contributed by atoms with Gasteiger partial charge in [0.1, 0.15) is 12.0 Å². The predicted molar refractivity (Wildman–Crippen MR) is 57.1 cm³/mol. The fourth-order valence-electron chi connectivity index (χ4n) is 1.80. The number of methoxy groups -OCH3 is 1. The summed E-state index contributed by atoms with van der Waals surface area (Å²) >= 11 is 0. The number of nitrogens with zero attached hydrogens (tertiary/aromatic N) is 1. The van der Waals surface area contributed by atoms with Crippen LogP contribution in [0.15, 0.2) is 16.9 Å². The van der Waals surface area contributed by atoms with Gasteiger partial charge in [-0.25, -0.2) is 4.79 Å². The van der Waals surface area contributed by atoms with E-state index in [1.807, 2.05) is 13.8 Å². The molecule has 2 aromatic heterocycles. The number of rotatable bonds is 2. The third-order valence-electron chi connectivity index (χ3n) is 2.46. The maximum absolute atomic E-state index is 11.7. The number of aryl methyl sites for hydroxylation is 2. The zero-order valence-corrected chi connectivity index (χ0v) is 9.33. The summed E-state index contributed by atoms with van der Waals surface area (Å²) in [5.41, 5.74) is 3.50. The highest BCUT2D eigenvalue weighted by atomic mass is 16.5. The quantitative estimate of drug-likeness (QED) is 0.786. The number of hydrogen-bond acceptors (Lipinski definition) is 4. The van der Waals surface area contributed by atoms with Crippen molar-refractivity contribution >= 4 is 5.97 Å². The number of carbonyl (C=O) groups excluding carboxylic acids is 1. The lowest BCUT2D eigenvalue weighted by Crippen LogP contribution is -2.03. The molecule has 5 heteroatoms. The van der Waals surface area contributed by atoms with Gasteiger partial charge < -0.3 is 14.2 Å². The molecule has 0 aliphatic carbocycles. The zero-order valence-electron chi connectivity index (χ0n) is 9.33. The van der Waals surface area contributed by atoms with Crippen molar-refractivity contribution in [1.82, 2.24) is 10.1 Å². The van der Waals surface area contributed by atoms with E-state index in [0.717, 1.165) is 17.0 Å². The summed E-state index contributed by atoms with van der Waals surface area (Å²) in [6, 6.07) is 1.71. The van der Waals surface area contributed by atoms with Crippen molar-refractivity contribution in [2.75, 3.05) is 7.11 Å². The summed E-state index contributed by atoms with van der Waals surface area (Å²) in [6.45, 7) is 3.70.